The molecule has 1 fully saturated rings. The average Bonchev–Trinajstić information content (AvgIpc) is 3.04. The van der Waals surface area contributed by atoms with E-state index in [1.807, 2.05) is 15.6 Å². The molecule has 2 aromatic heterocycles. The van der Waals surface area contributed by atoms with Crippen molar-refractivity contribution in [3.63, 3.8) is 0 Å². The van der Waals surface area contributed by atoms with Crippen LogP contribution >= 0.6 is 0 Å². The smallest absolute Gasteiger partial charge is 0.219 e. The normalized spacial score (nSPS) is 18.4. The zero-order chi connectivity index (χ0) is 16.4. The molecule has 1 amide bonds. The quantitative estimate of drug-likeness (QED) is 0.874. The van der Waals surface area contributed by atoms with Crippen LogP contribution in [-0.2, 0) is 4.79 Å². The standard InChI is InChI=1S/C17H23N5O/c1-12(2)22-15(6-7-20-22)17-16(18-8-9-19-17)14-5-4-10-21(11-14)13(3)23/h6-9,12,14H,4-5,10-11H2,1-3H3/t14-/m0/s1. The van der Waals surface area contributed by atoms with Crippen LogP contribution in [0.25, 0.3) is 11.4 Å². The number of nitrogens with zero attached hydrogens (tertiary/aromatic N) is 5. The van der Waals surface area contributed by atoms with E-state index in [2.05, 4.69) is 28.9 Å². The Balaban J connectivity index is 1.98. The lowest BCUT2D eigenvalue weighted by atomic mass is 9.92. The summed E-state index contributed by atoms with van der Waals surface area (Å²) in [5.74, 6) is 0.360. The third-order valence-electron chi connectivity index (χ3n) is 4.38. The van der Waals surface area contributed by atoms with Crippen LogP contribution in [0.15, 0.2) is 24.7 Å². The molecular weight excluding hydrogens is 290 g/mol. The minimum atomic E-state index is 0.132. The molecule has 23 heavy (non-hydrogen) atoms. The summed E-state index contributed by atoms with van der Waals surface area (Å²) in [7, 11) is 0. The second kappa shape index (κ2) is 6.48. The number of amides is 1. The van der Waals surface area contributed by atoms with Crippen LogP contribution < -0.4 is 0 Å². The largest absolute Gasteiger partial charge is 0.342 e. The molecule has 2 aromatic rings. The SMILES string of the molecule is CC(=O)N1CCC[C@H](c2nccnc2-c2ccnn2C(C)C)C1. The Morgan fingerprint density at radius 1 is 1.26 bits per heavy atom. The molecule has 0 saturated carbocycles. The zero-order valence-corrected chi connectivity index (χ0v) is 13.9. The predicted octanol–water partition coefficient (Wildman–Crippen LogP) is 2.65. The van der Waals surface area contributed by atoms with Crippen LogP contribution in [-0.4, -0.2) is 43.6 Å². The number of hydrogen-bond donors (Lipinski definition) is 0. The van der Waals surface area contributed by atoms with Gasteiger partial charge in [0.1, 0.15) is 5.69 Å². The average molecular weight is 313 g/mol. The van der Waals surface area contributed by atoms with Crippen molar-refractivity contribution in [3.8, 4) is 11.4 Å². The lowest BCUT2D eigenvalue weighted by Crippen LogP contribution is -2.38. The first-order valence-corrected chi connectivity index (χ1v) is 8.18. The van der Waals surface area contributed by atoms with Crippen molar-refractivity contribution in [3.05, 3.63) is 30.4 Å². The molecule has 0 bridgehead atoms. The highest BCUT2D eigenvalue weighted by atomic mass is 16.2. The Bertz CT molecular complexity index is 694. The first-order chi connectivity index (χ1) is 11.1. The molecular formula is C17H23N5O. The van der Waals surface area contributed by atoms with Crippen LogP contribution in [0.3, 0.4) is 0 Å². The fraction of sp³-hybridized carbons (Fsp3) is 0.529. The van der Waals surface area contributed by atoms with E-state index >= 15 is 0 Å². The van der Waals surface area contributed by atoms with Gasteiger partial charge in [0.2, 0.25) is 5.91 Å². The summed E-state index contributed by atoms with van der Waals surface area (Å²) in [4.78, 5) is 22.8. The van der Waals surface area contributed by atoms with Gasteiger partial charge in [0.05, 0.1) is 11.4 Å². The summed E-state index contributed by atoms with van der Waals surface area (Å²) < 4.78 is 1.97. The maximum absolute atomic E-state index is 11.7. The number of carbonyl (C=O) groups excluding carboxylic acids is 1. The van der Waals surface area contributed by atoms with Gasteiger partial charge in [-0.1, -0.05) is 0 Å². The van der Waals surface area contributed by atoms with Crippen molar-refractivity contribution in [2.24, 2.45) is 0 Å². The predicted molar refractivity (Wildman–Crippen MR) is 87.9 cm³/mol. The van der Waals surface area contributed by atoms with E-state index < -0.39 is 0 Å². The van der Waals surface area contributed by atoms with E-state index in [0.717, 1.165) is 43.0 Å². The Morgan fingerprint density at radius 3 is 2.78 bits per heavy atom. The molecule has 0 spiro atoms. The molecule has 0 aliphatic carbocycles. The Kier molecular flexibility index (Phi) is 4.41. The third-order valence-corrected chi connectivity index (χ3v) is 4.38. The minimum Gasteiger partial charge on any atom is -0.342 e. The fourth-order valence-corrected chi connectivity index (χ4v) is 3.24. The van der Waals surface area contributed by atoms with Gasteiger partial charge in [-0.25, -0.2) is 0 Å². The van der Waals surface area contributed by atoms with E-state index in [0.29, 0.717) is 0 Å². The molecule has 1 saturated heterocycles. The monoisotopic (exact) mass is 313 g/mol. The number of likely N-dealkylation sites (tertiary alicyclic amines) is 1. The first-order valence-electron chi connectivity index (χ1n) is 8.18. The Labute approximate surface area is 136 Å². The van der Waals surface area contributed by atoms with Gasteiger partial charge in [-0.05, 0) is 32.8 Å². The van der Waals surface area contributed by atoms with Crippen molar-refractivity contribution in [2.45, 2.75) is 45.6 Å². The molecule has 1 atom stereocenters. The molecule has 122 valence electrons. The summed E-state index contributed by atoms with van der Waals surface area (Å²) in [6, 6.07) is 2.24. The van der Waals surface area contributed by atoms with Crippen LogP contribution in [0.2, 0.25) is 0 Å². The van der Waals surface area contributed by atoms with Gasteiger partial charge in [0, 0.05) is 50.6 Å². The third kappa shape index (κ3) is 3.11. The van der Waals surface area contributed by atoms with E-state index in [1.54, 1.807) is 25.5 Å². The zero-order valence-electron chi connectivity index (χ0n) is 13.9. The number of rotatable bonds is 3. The second-order valence-corrected chi connectivity index (χ2v) is 6.35. The fourth-order valence-electron chi connectivity index (χ4n) is 3.24. The summed E-state index contributed by atoms with van der Waals surface area (Å²) in [6.45, 7) is 7.39. The molecule has 3 heterocycles. The molecule has 6 nitrogen and oxygen atoms in total. The molecule has 1 aliphatic heterocycles. The highest BCUT2D eigenvalue weighted by molar-refractivity contribution is 5.73. The van der Waals surface area contributed by atoms with Crippen molar-refractivity contribution >= 4 is 5.91 Å². The highest BCUT2D eigenvalue weighted by Gasteiger charge is 2.27. The summed E-state index contributed by atoms with van der Waals surface area (Å²) >= 11 is 0. The van der Waals surface area contributed by atoms with E-state index in [1.165, 1.54) is 0 Å². The maximum Gasteiger partial charge on any atom is 0.219 e. The lowest BCUT2D eigenvalue weighted by Gasteiger charge is -2.32. The summed E-state index contributed by atoms with van der Waals surface area (Å²) in [6.07, 6.45) is 7.30. The first kappa shape index (κ1) is 15.6. The molecule has 0 aromatic carbocycles. The molecule has 0 unspecified atom stereocenters. The minimum absolute atomic E-state index is 0.132. The van der Waals surface area contributed by atoms with Crippen LogP contribution in [0.1, 0.15) is 51.3 Å². The molecule has 1 aliphatic rings. The van der Waals surface area contributed by atoms with Crippen molar-refractivity contribution < 1.29 is 4.79 Å². The van der Waals surface area contributed by atoms with E-state index in [4.69, 9.17) is 0 Å². The molecule has 3 rings (SSSR count). The van der Waals surface area contributed by atoms with E-state index in [-0.39, 0.29) is 17.9 Å². The molecule has 0 radical (unpaired) electrons. The van der Waals surface area contributed by atoms with Crippen LogP contribution in [0.4, 0.5) is 0 Å². The summed E-state index contributed by atoms with van der Waals surface area (Å²) in [5, 5.41) is 4.41. The van der Waals surface area contributed by atoms with Crippen LogP contribution in [0, 0.1) is 0 Å². The topological polar surface area (TPSA) is 63.9 Å². The van der Waals surface area contributed by atoms with Crippen molar-refractivity contribution in [2.75, 3.05) is 13.1 Å². The van der Waals surface area contributed by atoms with Gasteiger partial charge in [0.15, 0.2) is 0 Å². The number of aromatic nitrogens is 4. The van der Waals surface area contributed by atoms with Gasteiger partial charge < -0.3 is 4.90 Å². The van der Waals surface area contributed by atoms with Gasteiger partial charge in [-0.15, -0.1) is 0 Å². The summed E-state index contributed by atoms with van der Waals surface area (Å²) in [5.41, 5.74) is 2.85. The Hall–Kier alpha value is -2.24. The highest BCUT2D eigenvalue weighted by Crippen LogP contribution is 2.32. The number of hydrogen-bond acceptors (Lipinski definition) is 4. The van der Waals surface area contributed by atoms with Crippen LogP contribution in [0.5, 0.6) is 0 Å². The van der Waals surface area contributed by atoms with Gasteiger partial charge >= 0.3 is 0 Å². The van der Waals surface area contributed by atoms with Gasteiger partial charge in [-0.3, -0.25) is 19.4 Å². The van der Waals surface area contributed by atoms with Crippen molar-refractivity contribution in [1.82, 2.24) is 24.6 Å². The van der Waals surface area contributed by atoms with Gasteiger partial charge in [0.25, 0.3) is 0 Å². The molecule has 0 N–H and O–H groups in total. The maximum atomic E-state index is 11.7. The number of carbonyl (C=O) groups is 1. The van der Waals surface area contributed by atoms with Gasteiger partial charge in [-0.2, -0.15) is 5.10 Å². The molecule has 6 heteroatoms. The second-order valence-electron chi connectivity index (χ2n) is 6.35. The number of piperidine rings is 1. The lowest BCUT2D eigenvalue weighted by molar-refractivity contribution is -0.130. The Morgan fingerprint density at radius 2 is 2.04 bits per heavy atom. The van der Waals surface area contributed by atoms with E-state index in [9.17, 15) is 4.79 Å². The van der Waals surface area contributed by atoms with Crippen molar-refractivity contribution in [1.29, 1.82) is 0 Å².